The topological polar surface area (TPSA) is 53.6 Å². The zero-order valence-corrected chi connectivity index (χ0v) is 12.9. The van der Waals surface area contributed by atoms with Crippen LogP contribution in [0.3, 0.4) is 0 Å². The molecule has 4 nitrogen and oxygen atoms in total. The summed E-state index contributed by atoms with van der Waals surface area (Å²) in [6.45, 7) is 4.89. The van der Waals surface area contributed by atoms with E-state index in [1.54, 1.807) is 0 Å². The van der Waals surface area contributed by atoms with Crippen LogP contribution in [0.25, 0.3) is 11.3 Å². The Labute approximate surface area is 130 Å². The summed E-state index contributed by atoms with van der Waals surface area (Å²) in [6.07, 6.45) is 0.916. The summed E-state index contributed by atoms with van der Waals surface area (Å²) in [6, 6.07) is 17.2. The Morgan fingerprint density at radius 3 is 2.68 bits per heavy atom. The number of H-pyrrole nitrogens is 1. The minimum atomic E-state index is 0.778. The van der Waals surface area contributed by atoms with Crippen molar-refractivity contribution in [2.45, 2.75) is 20.3 Å². The van der Waals surface area contributed by atoms with Crippen molar-refractivity contribution in [1.82, 2.24) is 15.2 Å². The largest absolute Gasteiger partial charge is 0.369 e. The second-order valence-electron chi connectivity index (χ2n) is 5.28. The van der Waals surface area contributed by atoms with Crippen molar-refractivity contribution in [3.05, 3.63) is 65.5 Å². The third-order valence-corrected chi connectivity index (χ3v) is 3.71. The highest BCUT2D eigenvalue weighted by molar-refractivity contribution is 5.60. The first kappa shape index (κ1) is 14.3. The lowest BCUT2D eigenvalue weighted by atomic mass is 10.1. The van der Waals surface area contributed by atoms with Gasteiger partial charge in [0.05, 0.1) is 11.4 Å². The van der Waals surface area contributed by atoms with Gasteiger partial charge in [-0.3, -0.25) is 5.10 Å². The maximum atomic E-state index is 4.62. The predicted molar refractivity (Wildman–Crippen MR) is 88.8 cm³/mol. The summed E-state index contributed by atoms with van der Waals surface area (Å²) < 4.78 is 0. The normalized spacial score (nSPS) is 10.6. The molecule has 2 heterocycles. The van der Waals surface area contributed by atoms with E-state index in [-0.39, 0.29) is 0 Å². The second-order valence-corrected chi connectivity index (χ2v) is 5.28. The Hall–Kier alpha value is -2.62. The van der Waals surface area contributed by atoms with Gasteiger partial charge in [0.2, 0.25) is 0 Å². The van der Waals surface area contributed by atoms with Crippen LogP contribution in [-0.2, 0) is 6.42 Å². The average Bonchev–Trinajstić information content (AvgIpc) is 2.88. The number of rotatable bonds is 5. The fourth-order valence-electron chi connectivity index (χ4n) is 2.50. The first-order valence-corrected chi connectivity index (χ1v) is 7.42. The number of nitrogens with one attached hydrogen (secondary N) is 2. The molecule has 0 bridgehead atoms. The van der Waals surface area contributed by atoms with E-state index in [0.717, 1.165) is 41.4 Å². The lowest BCUT2D eigenvalue weighted by Gasteiger charge is -2.07. The van der Waals surface area contributed by atoms with Crippen molar-refractivity contribution in [3.63, 3.8) is 0 Å². The number of aromatic nitrogens is 3. The quantitative estimate of drug-likeness (QED) is 0.756. The van der Waals surface area contributed by atoms with Gasteiger partial charge in [0.25, 0.3) is 0 Å². The van der Waals surface area contributed by atoms with Crippen molar-refractivity contribution in [3.8, 4) is 11.3 Å². The number of anilines is 1. The molecule has 0 fully saturated rings. The molecule has 3 rings (SSSR count). The molecular formula is C18H19N4. The fraction of sp³-hybridized carbons (Fsp3) is 0.222. The molecular weight excluding hydrogens is 272 g/mol. The monoisotopic (exact) mass is 291 g/mol. The highest BCUT2D eigenvalue weighted by Gasteiger charge is 2.06. The van der Waals surface area contributed by atoms with Crippen LogP contribution in [0, 0.1) is 19.9 Å². The van der Waals surface area contributed by atoms with Crippen LogP contribution >= 0.6 is 0 Å². The van der Waals surface area contributed by atoms with Gasteiger partial charge in [-0.2, -0.15) is 5.10 Å². The summed E-state index contributed by atoms with van der Waals surface area (Å²) in [7, 11) is 0. The molecule has 0 unspecified atom stereocenters. The molecule has 0 aliphatic heterocycles. The smallest absolute Gasteiger partial charge is 0.134 e. The zero-order chi connectivity index (χ0) is 15.4. The number of hydrogen-bond donors (Lipinski definition) is 2. The van der Waals surface area contributed by atoms with Crippen molar-refractivity contribution in [2.75, 3.05) is 11.9 Å². The van der Waals surface area contributed by atoms with Gasteiger partial charge in [0.1, 0.15) is 5.82 Å². The fourth-order valence-corrected chi connectivity index (χ4v) is 2.50. The van der Waals surface area contributed by atoms with E-state index in [1.165, 1.54) is 5.56 Å². The van der Waals surface area contributed by atoms with E-state index in [0.29, 0.717) is 0 Å². The van der Waals surface area contributed by atoms with E-state index < -0.39 is 0 Å². The van der Waals surface area contributed by atoms with E-state index in [2.05, 4.69) is 45.6 Å². The third kappa shape index (κ3) is 3.17. The molecule has 0 spiro atoms. The van der Waals surface area contributed by atoms with E-state index in [9.17, 15) is 0 Å². The summed E-state index contributed by atoms with van der Waals surface area (Å²) in [5.74, 6) is 0.778. The van der Waals surface area contributed by atoms with Gasteiger partial charge in [-0.15, -0.1) is 0 Å². The van der Waals surface area contributed by atoms with Crippen molar-refractivity contribution < 1.29 is 0 Å². The maximum Gasteiger partial charge on any atom is 0.134 e. The Morgan fingerprint density at radius 1 is 1.14 bits per heavy atom. The molecule has 4 heteroatoms. The molecule has 0 atom stereocenters. The standard InChI is InChI=1S/C18H19N4/c1-13-16(14(2)22-21-13)11-12-19-18-10-6-9-17(20-18)15-7-4-3-5-8-15/h3-9H,11-12H2,1-2H3,(H,19,20)(H,21,22). The SMILES string of the molecule is Cc1n[nH]c(C)c1CCNc1[c]ccc(-c2ccccc2)n1. The maximum absolute atomic E-state index is 4.62. The minimum absolute atomic E-state index is 0.778. The lowest BCUT2D eigenvalue weighted by molar-refractivity contribution is 0.983. The number of pyridine rings is 1. The Kier molecular flexibility index (Phi) is 4.19. The Morgan fingerprint density at radius 2 is 1.95 bits per heavy atom. The average molecular weight is 291 g/mol. The molecule has 0 aliphatic carbocycles. The van der Waals surface area contributed by atoms with Gasteiger partial charge >= 0.3 is 0 Å². The predicted octanol–water partition coefficient (Wildman–Crippen LogP) is 3.54. The van der Waals surface area contributed by atoms with Gasteiger partial charge < -0.3 is 5.32 Å². The number of aryl methyl sites for hydroxylation is 2. The molecule has 22 heavy (non-hydrogen) atoms. The summed E-state index contributed by atoms with van der Waals surface area (Å²) in [5.41, 5.74) is 5.54. The van der Waals surface area contributed by atoms with Gasteiger partial charge in [0, 0.05) is 23.9 Å². The number of hydrogen-bond acceptors (Lipinski definition) is 3. The first-order valence-electron chi connectivity index (χ1n) is 7.42. The number of nitrogens with zero attached hydrogens (tertiary/aromatic N) is 2. The second kappa shape index (κ2) is 6.43. The minimum Gasteiger partial charge on any atom is -0.369 e. The molecule has 0 saturated carbocycles. The van der Waals surface area contributed by atoms with Gasteiger partial charge in [-0.1, -0.05) is 30.3 Å². The van der Waals surface area contributed by atoms with Crippen LogP contribution in [0.15, 0.2) is 42.5 Å². The molecule has 0 amide bonds. The highest BCUT2D eigenvalue weighted by atomic mass is 15.1. The van der Waals surface area contributed by atoms with E-state index >= 15 is 0 Å². The van der Waals surface area contributed by atoms with Gasteiger partial charge in [-0.05, 0) is 38.0 Å². The van der Waals surface area contributed by atoms with Crippen molar-refractivity contribution in [1.29, 1.82) is 0 Å². The van der Waals surface area contributed by atoms with Crippen molar-refractivity contribution >= 4 is 5.82 Å². The van der Waals surface area contributed by atoms with Crippen LogP contribution in [0.4, 0.5) is 5.82 Å². The Balaban J connectivity index is 1.66. The lowest BCUT2D eigenvalue weighted by Crippen LogP contribution is -2.07. The molecule has 111 valence electrons. The summed E-state index contributed by atoms with van der Waals surface area (Å²) in [4.78, 5) is 4.62. The summed E-state index contributed by atoms with van der Waals surface area (Å²) in [5, 5.41) is 10.6. The molecule has 1 radical (unpaired) electrons. The molecule has 2 aromatic heterocycles. The highest BCUT2D eigenvalue weighted by Crippen LogP contribution is 2.18. The van der Waals surface area contributed by atoms with Crippen LogP contribution in [0.5, 0.6) is 0 Å². The third-order valence-electron chi connectivity index (χ3n) is 3.71. The van der Waals surface area contributed by atoms with Gasteiger partial charge in [0.15, 0.2) is 0 Å². The number of aromatic amines is 1. The zero-order valence-electron chi connectivity index (χ0n) is 12.9. The van der Waals surface area contributed by atoms with E-state index in [1.807, 2.05) is 37.3 Å². The van der Waals surface area contributed by atoms with Gasteiger partial charge in [-0.25, -0.2) is 4.98 Å². The molecule has 0 aliphatic rings. The number of benzene rings is 1. The van der Waals surface area contributed by atoms with Crippen LogP contribution < -0.4 is 5.32 Å². The summed E-state index contributed by atoms with van der Waals surface area (Å²) >= 11 is 0. The molecule has 1 aromatic carbocycles. The molecule has 2 N–H and O–H groups in total. The first-order chi connectivity index (χ1) is 10.7. The van der Waals surface area contributed by atoms with Crippen LogP contribution in [0.2, 0.25) is 0 Å². The Bertz CT molecular complexity index is 727. The van der Waals surface area contributed by atoms with Crippen LogP contribution in [-0.4, -0.2) is 21.7 Å². The van der Waals surface area contributed by atoms with E-state index in [4.69, 9.17) is 0 Å². The molecule has 0 saturated heterocycles. The molecule has 3 aromatic rings. The van der Waals surface area contributed by atoms with Crippen LogP contribution in [0.1, 0.15) is 17.0 Å². The van der Waals surface area contributed by atoms with Crippen molar-refractivity contribution in [2.24, 2.45) is 0 Å².